The average Bonchev–Trinajstić information content (AvgIpc) is 2.72. The van der Waals surface area contributed by atoms with Gasteiger partial charge >= 0.3 is 6.09 Å². The highest BCUT2D eigenvalue weighted by molar-refractivity contribution is 6.30. The van der Waals surface area contributed by atoms with Crippen LogP contribution in [0.2, 0.25) is 5.02 Å². The molecule has 5 heteroatoms. The van der Waals surface area contributed by atoms with Crippen molar-refractivity contribution in [3.05, 3.63) is 101 Å². The summed E-state index contributed by atoms with van der Waals surface area (Å²) in [5.74, 6) is 0. The third kappa shape index (κ3) is 5.10. The van der Waals surface area contributed by atoms with Gasteiger partial charge in [-0.05, 0) is 41.5 Å². The first-order chi connectivity index (χ1) is 13.2. The van der Waals surface area contributed by atoms with Gasteiger partial charge in [-0.2, -0.15) is 5.26 Å². The minimum atomic E-state index is -0.483. The van der Waals surface area contributed by atoms with Crippen molar-refractivity contribution in [3.8, 4) is 6.07 Å². The van der Waals surface area contributed by atoms with Crippen LogP contribution in [0, 0.1) is 11.3 Å². The maximum Gasteiger partial charge on any atom is 0.414 e. The summed E-state index contributed by atoms with van der Waals surface area (Å²) < 4.78 is 5.49. The summed E-state index contributed by atoms with van der Waals surface area (Å²) in [6, 6.07) is 25.7. The van der Waals surface area contributed by atoms with E-state index in [0.717, 1.165) is 11.1 Å². The number of carbonyl (C=O) groups is 1. The fraction of sp³-hybridized carbons (Fsp3) is 0.0909. The zero-order chi connectivity index (χ0) is 19.1. The molecule has 0 N–H and O–H groups in total. The maximum absolute atomic E-state index is 12.8. The van der Waals surface area contributed by atoms with Gasteiger partial charge in [-0.1, -0.05) is 60.1 Å². The van der Waals surface area contributed by atoms with Crippen molar-refractivity contribution in [3.63, 3.8) is 0 Å². The van der Waals surface area contributed by atoms with E-state index in [1.165, 1.54) is 4.90 Å². The second-order valence-electron chi connectivity index (χ2n) is 5.91. The number of ether oxygens (including phenoxy) is 1. The van der Waals surface area contributed by atoms with Crippen LogP contribution in [0.15, 0.2) is 78.9 Å². The second kappa shape index (κ2) is 8.88. The van der Waals surface area contributed by atoms with Crippen molar-refractivity contribution >= 4 is 23.4 Å². The summed E-state index contributed by atoms with van der Waals surface area (Å²) in [6.45, 7) is 0.481. The van der Waals surface area contributed by atoms with Crippen molar-refractivity contribution in [2.24, 2.45) is 0 Å². The molecule has 0 atom stereocenters. The zero-order valence-electron chi connectivity index (χ0n) is 14.5. The van der Waals surface area contributed by atoms with Gasteiger partial charge in [-0.25, -0.2) is 4.79 Å². The molecule has 27 heavy (non-hydrogen) atoms. The number of amides is 1. The Bertz CT molecular complexity index is 950. The number of nitrogens with zero attached hydrogens (tertiary/aromatic N) is 2. The smallest absolute Gasteiger partial charge is 0.414 e. The summed E-state index contributed by atoms with van der Waals surface area (Å²) in [5, 5.41) is 9.78. The van der Waals surface area contributed by atoms with Crippen LogP contribution in [-0.4, -0.2) is 6.09 Å². The maximum atomic E-state index is 12.8. The summed E-state index contributed by atoms with van der Waals surface area (Å²) >= 11 is 5.94. The Balaban J connectivity index is 1.82. The lowest BCUT2D eigenvalue weighted by molar-refractivity contribution is 0.146. The van der Waals surface area contributed by atoms with Crippen molar-refractivity contribution in [2.75, 3.05) is 4.90 Å². The van der Waals surface area contributed by atoms with Crippen LogP contribution in [0.5, 0.6) is 0 Å². The summed E-state index contributed by atoms with van der Waals surface area (Å²) in [4.78, 5) is 14.3. The molecule has 0 fully saturated rings. The van der Waals surface area contributed by atoms with Crippen LogP contribution >= 0.6 is 11.6 Å². The zero-order valence-corrected chi connectivity index (χ0v) is 15.3. The van der Waals surface area contributed by atoms with Gasteiger partial charge in [0.25, 0.3) is 0 Å². The fourth-order valence-electron chi connectivity index (χ4n) is 2.57. The normalized spacial score (nSPS) is 10.1. The molecule has 0 spiro atoms. The van der Waals surface area contributed by atoms with Gasteiger partial charge in [0.2, 0.25) is 0 Å². The van der Waals surface area contributed by atoms with Gasteiger partial charge in [0, 0.05) is 10.7 Å². The molecular formula is C22H17ClN2O2. The lowest BCUT2D eigenvalue weighted by Gasteiger charge is -2.22. The molecule has 0 aromatic heterocycles. The van der Waals surface area contributed by atoms with Gasteiger partial charge in [-0.3, -0.25) is 4.90 Å². The molecule has 0 heterocycles. The van der Waals surface area contributed by atoms with Crippen molar-refractivity contribution in [2.45, 2.75) is 13.2 Å². The van der Waals surface area contributed by atoms with Crippen molar-refractivity contribution in [1.82, 2.24) is 0 Å². The number of hydrogen-bond donors (Lipinski definition) is 0. The van der Waals surface area contributed by atoms with Crippen molar-refractivity contribution < 1.29 is 9.53 Å². The minimum Gasteiger partial charge on any atom is -0.444 e. The van der Waals surface area contributed by atoms with E-state index in [0.29, 0.717) is 22.8 Å². The molecule has 0 radical (unpaired) electrons. The highest BCUT2D eigenvalue weighted by Gasteiger charge is 2.18. The number of carbonyl (C=O) groups excluding carboxylic acids is 1. The lowest BCUT2D eigenvalue weighted by Crippen LogP contribution is -2.31. The SMILES string of the molecule is N#Cc1cccc(N(Cc2ccc(Cl)cc2)C(=O)OCc2ccccc2)c1. The van der Waals surface area contributed by atoms with E-state index in [1.807, 2.05) is 42.5 Å². The number of anilines is 1. The molecule has 134 valence electrons. The number of benzene rings is 3. The first-order valence-corrected chi connectivity index (χ1v) is 8.76. The molecule has 3 aromatic carbocycles. The predicted molar refractivity (Wildman–Crippen MR) is 105 cm³/mol. The Morgan fingerprint density at radius 3 is 2.41 bits per heavy atom. The molecule has 0 bridgehead atoms. The predicted octanol–water partition coefficient (Wildman–Crippen LogP) is 5.56. The molecule has 3 rings (SSSR count). The van der Waals surface area contributed by atoms with Crippen LogP contribution < -0.4 is 4.90 Å². The van der Waals surface area contributed by atoms with E-state index in [2.05, 4.69) is 6.07 Å². The van der Waals surface area contributed by atoms with Crippen LogP contribution in [-0.2, 0) is 17.9 Å². The van der Waals surface area contributed by atoms with Gasteiger partial charge in [0.05, 0.1) is 18.2 Å². The van der Waals surface area contributed by atoms with Crippen LogP contribution in [0.3, 0.4) is 0 Å². The molecule has 0 aliphatic carbocycles. The molecule has 4 nitrogen and oxygen atoms in total. The molecule has 0 saturated carbocycles. The largest absolute Gasteiger partial charge is 0.444 e. The van der Waals surface area contributed by atoms with E-state index in [-0.39, 0.29) is 6.61 Å². The summed E-state index contributed by atoms with van der Waals surface area (Å²) in [7, 11) is 0. The number of hydrogen-bond acceptors (Lipinski definition) is 3. The lowest BCUT2D eigenvalue weighted by atomic mass is 10.1. The number of halogens is 1. The Kier molecular flexibility index (Phi) is 6.09. The van der Waals surface area contributed by atoms with E-state index in [1.54, 1.807) is 36.4 Å². The van der Waals surface area contributed by atoms with E-state index in [9.17, 15) is 4.79 Å². The Morgan fingerprint density at radius 1 is 0.963 bits per heavy atom. The second-order valence-corrected chi connectivity index (χ2v) is 6.35. The molecule has 0 saturated heterocycles. The van der Waals surface area contributed by atoms with Gasteiger partial charge in [0.1, 0.15) is 6.61 Å². The monoisotopic (exact) mass is 376 g/mol. The molecule has 1 amide bonds. The Labute approximate surface area is 163 Å². The number of nitriles is 1. The summed E-state index contributed by atoms with van der Waals surface area (Å²) in [5.41, 5.74) is 2.88. The molecule has 0 aliphatic rings. The van der Waals surface area contributed by atoms with Gasteiger partial charge in [-0.15, -0.1) is 0 Å². The highest BCUT2D eigenvalue weighted by Crippen LogP contribution is 2.21. The molecule has 3 aromatic rings. The standard InChI is InChI=1S/C22H17ClN2O2/c23-20-11-9-17(10-12-20)15-25(21-8-4-7-19(13-21)14-24)22(26)27-16-18-5-2-1-3-6-18/h1-13H,15-16H2. The Hall–Kier alpha value is -3.29. The fourth-order valence-corrected chi connectivity index (χ4v) is 2.70. The third-order valence-corrected chi connectivity index (χ3v) is 4.22. The third-order valence-electron chi connectivity index (χ3n) is 3.97. The molecule has 0 aliphatic heterocycles. The van der Waals surface area contributed by atoms with Crippen molar-refractivity contribution in [1.29, 1.82) is 5.26 Å². The molecule has 0 unspecified atom stereocenters. The average molecular weight is 377 g/mol. The Morgan fingerprint density at radius 2 is 1.70 bits per heavy atom. The first kappa shape index (κ1) is 18.5. The highest BCUT2D eigenvalue weighted by atomic mass is 35.5. The summed E-state index contributed by atoms with van der Waals surface area (Å²) in [6.07, 6.45) is -0.483. The first-order valence-electron chi connectivity index (χ1n) is 8.38. The van der Waals surface area contributed by atoms with Gasteiger partial charge in [0.15, 0.2) is 0 Å². The van der Waals surface area contributed by atoms with E-state index >= 15 is 0 Å². The quantitative estimate of drug-likeness (QED) is 0.586. The topological polar surface area (TPSA) is 53.3 Å². The molecular weight excluding hydrogens is 360 g/mol. The van der Waals surface area contributed by atoms with Crippen LogP contribution in [0.25, 0.3) is 0 Å². The van der Waals surface area contributed by atoms with Crippen LogP contribution in [0.4, 0.5) is 10.5 Å². The van der Waals surface area contributed by atoms with E-state index < -0.39 is 6.09 Å². The van der Waals surface area contributed by atoms with E-state index in [4.69, 9.17) is 21.6 Å². The van der Waals surface area contributed by atoms with Crippen LogP contribution in [0.1, 0.15) is 16.7 Å². The minimum absolute atomic E-state index is 0.175. The van der Waals surface area contributed by atoms with Gasteiger partial charge < -0.3 is 4.74 Å². The number of rotatable bonds is 5.